The third kappa shape index (κ3) is 4.13. The van der Waals surface area contributed by atoms with E-state index < -0.39 is 18.8 Å². The summed E-state index contributed by atoms with van der Waals surface area (Å²) in [4.78, 5) is 15.4. The Morgan fingerprint density at radius 2 is 2.14 bits per heavy atom. The normalized spacial score (nSPS) is 14.6. The highest BCUT2D eigenvalue weighted by atomic mass is 79.9. The number of anilines is 1. The minimum Gasteiger partial charge on any atom is -0.481 e. The molecule has 1 aromatic heterocycles. The highest BCUT2D eigenvalue weighted by Crippen LogP contribution is 2.41. The lowest BCUT2D eigenvalue weighted by atomic mass is 10.1. The zero-order valence-electron chi connectivity index (χ0n) is 15.1. The monoisotopic (exact) mass is 474 g/mol. The first-order valence-corrected chi connectivity index (χ1v) is 10.5. The van der Waals surface area contributed by atoms with Gasteiger partial charge >= 0.3 is 5.97 Å². The zero-order chi connectivity index (χ0) is 20.4. The molecule has 0 saturated carbocycles. The molecule has 2 aromatic carbocycles. The summed E-state index contributed by atoms with van der Waals surface area (Å²) in [6.07, 6.45) is 1.17. The highest BCUT2D eigenvalue weighted by Gasteiger charge is 2.28. The van der Waals surface area contributed by atoms with E-state index in [9.17, 15) is 4.79 Å². The minimum atomic E-state index is -1.06. The molecule has 2 N–H and O–H groups in total. The molecular formula is C19H15BrN4O4S. The number of fused-ring (bicyclic) bond motifs is 3. The molecule has 148 valence electrons. The molecule has 2 heterocycles. The van der Waals surface area contributed by atoms with Crippen molar-refractivity contribution in [2.75, 3.05) is 18.2 Å². The Hall–Kier alpha value is -2.85. The van der Waals surface area contributed by atoms with E-state index in [1.165, 1.54) is 11.8 Å². The number of nitrogens with one attached hydrogen (secondary N) is 1. The van der Waals surface area contributed by atoms with Gasteiger partial charge in [-0.25, -0.2) is 4.79 Å². The largest absolute Gasteiger partial charge is 0.481 e. The van der Waals surface area contributed by atoms with Crippen LogP contribution in [0, 0.1) is 0 Å². The van der Waals surface area contributed by atoms with Gasteiger partial charge in [0.25, 0.3) is 0 Å². The number of thioether (sulfide) groups is 1. The number of carbonyl (C=O) groups is 1. The van der Waals surface area contributed by atoms with Gasteiger partial charge in [0.1, 0.15) is 5.75 Å². The molecule has 0 fully saturated rings. The molecule has 0 bridgehead atoms. The number of hydrogen-bond donors (Lipinski definition) is 2. The summed E-state index contributed by atoms with van der Waals surface area (Å²) < 4.78 is 12.5. The van der Waals surface area contributed by atoms with Gasteiger partial charge < -0.3 is 19.9 Å². The predicted octanol–water partition coefficient (Wildman–Crippen LogP) is 3.99. The minimum absolute atomic E-state index is 0.330. The topological polar surface area (TPSA) is 106 Å². The van der Waals surface area contributed by atoms with Crippen LogP contribution in [0.5, 0.6) is 11.6 Å². The molecule has 1 atom stereocenters. The van der Waals surface area contributed by atoms with Gasteiger partial charge in [-0.1, -0.05) is 45.9 Å². The van der Waals surface area contributed by atoms with Gasteiger partial charge in [-0.3, -0.25) is 0 Å². The third-order valence-corrected chi connectivity index (χ3v) is 5.15. The van der Waals surface area contributed by atoms with Crippen molar-refractivity contribution in [2.24, 2.45) is 0 Å². The fourth-order valence-electron chi connectivity index (χ4n) is 2.87. The number of benzene rings is 2. The van der Waals surface area contributed by atoms with Crippen molar-refractivity contribution in [2.45, 2.75) is 11.4 Å². The first-order chi connectivity index (χ1) is 14.0. The fraction of sp³-hybridized carbons (Fsp3) is 0.158. The molecular weight excluding hydrogens is 460 g/mol. The Bertz CT molecular complexity index is 1080. The number of rotatable bonds is 5. The molecule has 4 rings (SSSR count). The van der Waals surface area contributed by atoms with Crippen LogP contribution in [-0.4, -0.2) is 39.1 Å². The molecule has 0 radical (unpaired) electrons. The second-order valence-electron chi connectivity index (χ2n) is 6.00. The summed E-state index contributed by atoms with van der Waals surface area (Å²) in [6.45, 7) is -0.463. The Labute approximate surface area is 178 Å². The van der Waals surface area contributed by atoms with Gasteiger partial charge in [-0.2, -0.15) is 4.98 Å². The standard InChI is InChI=1S/C19H15BrN4O4S/c1-29-19-22-18-16(23-24-19)11-4-2-3-5-13(11)21-17(28-18)12-8-10(20)6-7-14(12)27-9-15(25)26/h2-8,17,21H,9H2,1H3,(H,25,26). The SMILES string of the molecule is CSc1nnc2c(n1)OC(c1cc(Br)ccc1OCC(=O)O)Nc1ccccc1-2. The number of para-hydroxylation sites is 1. The van der Waals surface area contributed by atoms with Crippen LogP contribution in [0.25, 0.3) is 11.3 Å². The van der Waals surface area contributed by atoms with Crippen LogP contribution < -0.4 is 14.8 Å². The van der Waals surface area contributed by atoms with Crippen molar-refractivity contribution in [1.82, 2.24) is 15.2 Å². The van der Waals surface area contributed by atoms with Crippen molar-refractivity contribution in [1.29, 1.82) is 0 Å². The summed E-state index contributed by atoms with van der Waals surface area (Å²) in [5.41, 5.74) is 2.73. The van der Waals surface area contributed by atoms with E-state index in [1.807, 2.05) is 36.6 Å². The van der Waals surface area contributed by atoms with Gasteiger partial charge in [0.15, 0.2) is 12.3 Å². The van der Waals surface area contributed by atoms with Gasteiger partial charge in [0.2, 0.25) is 17.3 Å². The molecule has 10 heteroatoms. The van der Waals surface area contributed by atoms with E-state index in [2.05, 4.69) is 36.4 Å². The lowest BCUT2D eigenvalue weighted by Crippen LogP contribution is -2.19. The maximum absolute atomic E-state index is 11.0. The van der Waals surface area contributed by atoms with Crippen LogP contribution in [-0.2, 0) is 4.79 Å². The van der Waals surface area contributed by atoms with E-state index in [1.54, 1.807) is 12.1 Å². The van der Waals surface area contributed by atoms with E-state index in [0.29, 0.717) is 28.0 Å². The van der Waals surface area contributed by atoms with Gasteiger partial charge in [0, 0.05) is 15.7 Å². The number of hydrogen-bond acceptors (Lipinski definition) is 8. The molecule has 0 aliphatic carbocycles. The number of halogens is 1. The smallest absolute Gasteiger partial charge is 0.341 e. The summed E-state index contributed by atoms with van der Waals surface area (Å²) in [7, 11) is 0. The molecule has 3 aromatic rings. The molecule has 8 nitrogen and oxygen atoms in total. The number of aliphatic carboxylic acids is 1. The Morgan fingerprint density at radius 1 is 1.31 bits per heavy atom. The summed E-state index contributed by atoms with van der Waals surface area (Å²) >= 11 is 4.81. The number of ether oxygens (including phenoxy) is 2. The fourth-order valence-corrected chi connectivity index (χ4v) is 3.55. The number of carboxylic acids is 1. The van der Waals surface area contributed by atoms with Crippen LogP contribution in [0.4, 0.5) is 5.69 Å². The lowest BCUT2D eigenvalue weighted by Gasteiger charge is -2.22. The summed E-state index contributed by atoms with van der Waals surface area (Å²) in [5, 5.41) is 21.2. The quantitative estimate of drug-likeness (QED) is 0.530. The Balaban J connectivity index is 1.82. The average Bonchev–Trinajstić information content (AvgIpc) is 2.88. The Kier molecular flexibility index (Phi) is 5.54. The van der Waals surface area contributed by atoms with E-state index >= 15 is 0 Å². The van der Waals surface area contributed by atoms with Crippen LogP contribution in [0.1, 0.15) is 11.8 Å². The Morgan fingerprint density at radius 3 is 2.93 bits per heavy atom. The summed E-state index contributed by atoms with van der Waals surface area (Å²) in [6, 6.07) is 12.9. The zero-order valence-corrected chi connectivity index (χ0v) is 17.5. The molecule has 1 unspecified atom stereocenters. The second-order valence-corrected chi connectivity index (χ2v) is 7.69. The molecule has 0 spiro atoms. The average molecular weight is 475 g/mol. The number of aromatic nitrogens is 3. The van der Waals surface area contributed by atoms with Gasteiger partial charge in [0.05, 0.1) is 5.56 Å². The summed E-state index contributed by atoms with van der Waals surface area (Å²) in [5.74, 6) is -0.344. The molecule has 29 heavy (non-hydrogen) atoms. The third-order valence-electron chi connectivity index (χ3n) is 4.12. The number of nitrogens with zero attached hydrogens (tertiary/aromatic N) is 3. The van der Waals surface area contributed by atoms with E-state index in [4.69, 9.17) is 14.6 Å². The van der Waals surface area contributed by atoms with Gasteiger partial charge in [-0.15, -0.1) is 10.2 Å². The lowest BCUT2D eigenvalue weighted by molar-refractivity contribution is -0.139. The maximum Gasteiger partial charge on any atom is 0.341 e. The van der Waals surface area contributed by atoms with Crippen molar-refractivity contribution in [3.8, 4) is 22.9 Å². The second kappa shape index (κ2) is 8.26. The van der Waals surface area contributed by atoms with Crippen molar-refractivity contribution >= 4 is 39.3 Å². The predicted molar refractivity (Wildman–Crippen MR) is 111 cm³/mol. The molecule has 1 aliphatic heterocycles. The van der Waals surface area contributed by atoms with Crippen LogP contribution in [0.15, 0.2) is 52.1 Å². The van der Waals surface area contributed by atoms with E-state index in [0.717, 1.165) is 15.7 Å². The molecule has 1 aliphatic rings. The number of carboxylic acid groups (broad SMARTS) is 1. The van der Waals surface area contributed by atoms with Crippen molar-refractivity contribution < 1.29 is 19.4 Å². The maximum atomic E-state index is 11.0. The molecule has 0 saturated heterocycles. The van der Waals surface area contributed by atoms with Crippen LogP contribution in [0.2, 0.25) is 0 Å². The van der Waals surface area contributed by atoms with Crippen molar-refractivity contribution in [3.63, 3.8) is 0 Å². The van der Waals surface area contributed by atoms with Gasteiger partial charge in [-0.05, 0) is 30.5 Å². The highest BCUT2D eigenvalue weighted by molar-refractivity contribution is 9.10. The van der Waals surface area contributed by atoms with E-state index in [-0.39, 0.29) is 0 Å². The van der Waals surface area contributed by atoms with Crippen molar-refractivity contribution in [3.05, 3.63) is 52.5 Å². The van der Waals surface area contributed by atoms with Crippen LogP contribution in [0.3, 0.4) is 0 Å². The molecule has 0 amide bonds. The first-order valence-electron chi connectivity index (χ1n) is 8.50. The van der Waals surface area contributed by atoms with Crippen LogP contribution >= 0.6 is 27.7 Å². The first kappa shape index (κ1) is 19.5.